The SMILES string of the molecule is C=C1C(=C)C2[CH-]C=CC1C2. The fraction of sp³-hybridized carbons (Fsp3) is 0.300. The van der Waals surface area contributed by atoms with Gasteiger partial charge in [0.1, 0.15) is 0 Å². The van der Waals surface area contributed by atoms with Crippen LogP contribution in [0.1, 0.15) is 6.42 Å². The van der Waals surface area contributed by atoms with Crippen LogP contribution in [0.3, 0.4) is 0 Å². The quantitative estimate of drug-likeness (QED) is 0.443. The van der Waals surface area contributed by atoms with Crippen molar-refractivity contribution < 1.29 is 0 Å². The molecule has 0 saturated heterocycles. The summed E-state index contributed by atoms with van der Waals surface area (Å²) in [4.78, 5) is 0. The predicted molar refractivity (Wildman–Crippen MR) is 43.3 cm³/mol. The predicted octanol–water partition coefficient (Wildman–Crippen LogP) is 2.51. The minimum absolute atomic E-state index is 0.600. The van der Waals surface area contributed by atoms with Crippen molar-refractivity contribution >= 4 is 0 Å². The maximum absolute atomic E-state index is 4.01. The van der Waals surface area contributed by atoms with Crippen molar-refractivity contribution in [2.24, 2.45) is 11.8 Å². The van der Waals surface area contributed by atoms with E-state index in [1.165, 1.54) is 17.6 Å². The van der Waals surface area contributed by atoms with Crippen LogP contribution in [0.25, 0.3) is 0 Å². The number of hydrogen-bond acceptors (Lipinski definition) is 0. The van der Waals surface area contributed by atoms with E-state index < -0.39 is 0 Å². The van der Waals surface area contributed by atoms with Crippen LogP contribution in [0.15, 0.2) is 36.5 Å². The van der Waals surface area contributed by atoms with E-state index in [-0.39, 0.29) is 0 Å². The second kappa shape index (κ2) is 1.79. The molecule has 52 valence electrons. The molecule has 2 aliphatic carbocycles. The molecular weight excluding hydrogens is 120 g/mol. The molecule has 0 aromatic carbocycles. The number of allylic oxidation sites excluding steroid dienone is 4. The van der Waals surface area contributed by atoms with E-state index in [1.54, 1.807) is 0 Å². The lowest BCUT2D eigenvalue weighted by Crippen LogP contribution is -1.99. The Labute approximate surface area is 61.9 Å². The maximum atomic E-state index is 4.01. The summed E-state index contributed by atoms with van der Waals surface area (Å²) in [5, 5.41) is 0. The minimum Gasteiger partial charge on any atom is -0.231 e. The van der Waals surface area contributed by atoms with Crippen LogP contribution in [0.4, 0.5) is 0 Å². The minimum atomic E-state index is 0.600. The van der Waals surface area contributed by atoms with Crippen LogP contribution >= 0.6 is 0 Å². The summed E-state index contributed by atoms with van der Waals surface area (Å²) in [6.07, 6.45) is 7.80. The summed E-state index contributed by atoms with van der Waals surface area (Å²) >= 11 is 0. The van der Waals surface area contributed by atoms with Gasteiger partial charge in [0.2, 0.25) is 0 Å². The van der Waals surface area contributed by atoms with E-state index in [9.17, 15) is 0 Å². The Balaban J connectivity index is 2.39. The van der Waals surface area contributed by atoms with Gasteiger partial charge in [-0.15, -0.1) is 0 Å². The first-order valence-electron chi connectivity index (χ1n) is 3.68. The third-order valence-electron chi connectivity index (χ3n) is 2.50. The number of rotatable bonds is 0. The molecule has 2 bridgehead atoms. The molecule has 0 nitrogen and oxygen atoms in total. The third kappa shape index (κ3) is 0.591. The highest BCUT2D eigenvalue weighted by Crippen LogP contribution is 2.43. The van der Waals surface area contributed by atoms with Crippen molar-refractivity contribution in [2.45, 2.75) is 6.42 Å². The Morgan fingerprint density at radius 1 is 1.40 bits per heavy atom. The molecule has 2 unspecified atom stereocenters. The van der Waals surface area contributed by atoms with Crippen LogP contribution in [0.5, 0.6) is 0 Å². The Bertz CT molecular complexity index is 220. The molecular formula is C10H11-. The van der Waals surface area contributed by atoms with Crippen molar-refractivity contribution in [3.63, 3.8) is 0 Å². The molecule has 10 heavy (non-hydrogen) atoms. The molecule has 0 aromatic rings. The fourth-order valence-corrected chi connectivity index (χ4v) is 1.76. The molecule has 0 radical (unpaired) electrons. The standard InChI is InChI=1S/C10H11/c1-7-8(2)10-5-3-4-9(7)6-10/h3-5,9-10H,1-2,6H2/q-1. The topological polar surface area (TPSA) is 0 Å². The maximum Gasteiger partial charge on any atom is -0.0634 e. The molecule has 2 rings (SSSR count). The molecule has 0 spiro atoms. The first-order valence-corrected chi connectivity index (χ1v) is 3.68. The summed E-state index contributed by atoms with van der Waals surface area (Å²) < 4.78 is 0. The van der Waals surface area contributed by atoms with Crippen molar-refractivity contribution in [1.29, 1.82) is 0 Å². The van der Waals surface area contributed by atoms with Gasteiger partial charge in [0.25, 0.3) is 0 Å². The highest BCUT2D eigenvalue weighted by molar-refractivity contribution is 5.43. The molecule has 0 aromatic heterocycles. The van der Waals surface area contributed by atoms with E-state index in [0.29, 0.717) is 11.8 Å². The van der Waals surface area contributed by atoms with Gasteiger partial charge in [-0.05, 0) is 0 Å². The summed E-state index contributed by atoms with van der Waals surface area (Å²) in [6, 6.07) is 0. The second-order valence-corrected chi connectivity index (χ2v) is 3.08. The largest absolute Gasteiger partial charge is 0.231 e. The smallest absolute Gasteiger partial charge is 0.0634 e. The Kier molecular flexibility index (Phi) is 1.04. The van der Waals surface area contributed by atoms with E-state index in [0.717, 1.165) is 0 Å². The van der Waals surface area contributed by atoms with Crippen molar-refractivity contribution in [3.8, 4) is 0 Å². The van der Waals surface area contributed by atoms with Gasteiger partial charge in [0, 0.05) is 0 Å². The molecule has 2 aliphatic rings. The first kappa shape index (κ1) is 5.84. The Morgan fingerprint density at radius 2 is 2.20 bits per heavy atom. The van der Waals surface area contributed by atoms with Crippen LogP contribution in [0.2, 0.25) is 0 Å². The lowest BCUT2D eigenvalue weighted by atomic mass is 9.95. The van der Waals surface area contributed by atoms with Gasteiger partial charge < -0.3 is 0 Å². The molecule has 0 amide bonds. The first-order chi connectivity index (χ1) is 4.79. The summed E-state index contributed by atoms with van der Waals surface area (Å²) in [5.74, 6) is 1.20. The number of hydrogen-bond donors (Lipinski definition) is 0. The molecule has 1 fully saturated rings. The monoisotopic (exact) mass is 131 g/mol. The van der Waals surface area contributed by atoms with Crippen LogP contribution in [-0.2, 0) is 0 Å². The van der Waals surface area contributed by atoms with Gasteiger partial charge >= 0.3 is 0 Å². The zero-order valence-corrected chi connectivity index (χ0v) is 6.01. The van der Waals surface area contributed by atoms with E-state index in [2.05, 4.69) is 31.7 Å². The zero-order valence-electron chi connectivity index (χ0n) is 6.01. The van der Waals surface area contributed by atoms with Gasteiger partial charge in [-0.1, -0.05) is 42.6 Å². The molecule has 0 heteroatoms. The zero-order chi connectivity index (χ0) is 7.14. The number of fused-ring (bicyclic) bond motifs is 2. The van der Waals surface area contributed by atoms with E-state index in [1.807, 2.05) is 0 Å². The van der Waals surface area contributed by atoms with Crippen molar-refractivity contribution in [1.82, 2.24) is 0 Å². The fourth-order valence-electron chi connectivity index (χ4n) is 1.76. The van der Waals surface area contributed by atoms with Crippen molar-refractivity contribution in [2.75, 3.05) is 0 Å². The van der Waals surface area contributed by atoms with Gasteiger partial charge in [-0.25, -0.2) is 18.6 Å². The van der Waals surface area contributed by atoms with E-state index >= 15 is 0 Å². The molecule has 0 aliphatic heterocycles. The average molecular weight is 131 g/mol. The Hall–Kier alpha value is -0.910. The highest BCUT2D eigenvalue weighted by atomic mass is 14.4. The highest BCUT2D eigenvalue weighted by Gasteiger charge is 2.25. The Morgan fingerprint density at radius 3 is 2.80 bits per heavy atom. The lowest BCUT2D eigenvalue weighted by molar-refractivity contribution is 0.639. The van der Waals surface area contributed by atoms with Gasteiger partial charge in [-0.3, -0.25) is 0 Å². The van der Waals surface area contributed by atoms with Gasteiger partial charge in [0.05, 0.1) is 0 Å². The molecule has 0 N–H and O–H groups in total. The lowest BCUT2D eigenvalue weighted by Gasteiger charge is -2.19. The van der Waals surface area contributed by atoms with E-state index in [4.69, 9.17) is 0 Å². The van der Waals surface area contributed by atoms with Gasteiger partial charge in [-0.2, -0.15) is 0 Å². The normalized spacial score (nSPS) is 36.4. The summed E-state index contributed by atoms with van der Waals surface area (Å²) in [7, 11) is 0. The third-order valence-corrected chi connectivity index (χ3v) is 2.50. The summed E-state index contributed by atoms with van der Waals surface area (Å²) in [5.41, 5.74) is 2.49. The van der Waals surface area contributed by atoms with Gasteiger partial charge in [0.15, 0.2) is 0 Å². The van der Waals surface area contributed by atoms with Crippen LogP contribution < -0.4 is 0 Å². The molecule has 2 atom stereocenters. The van der Waals surface area contributed by atoms with Crippen molar-refractivity contribution in [3.05, 3.63) is 42.9 Å². The van der Waals surface area contributed by atoms with Crippen LogP contribution in [-0.4, -0.2) is 0 Å². The summed E-state index contributed by atoms with van der Waals surface area (Å²) in [6.45, 7) is 8.01. The second-order valence-electron chi connectivity index (χ2n) is 3.08. The molecule has 0 heterocycles. The van der Waals surface area contributed by atoms with Crippen LogP contribution in [0, 0.1) is 18.3 Å². The average Bonchev–Trinajstić information content (AvgIpc) is 2.17. The molecule has 1 saturated carbocycles.